The third kappa shape index (κ3) is 18.8. The van der Waals surface area contributed by atoms with Crippen molar-refractivity contribution in [2.24, 2.45) is 5.41 Å². The first-order valence-corrected chi connectivity index (χ1v) is 40.2. The molecule has 0 saturated carbocycles. The number of methoxy groups -OCH3 is 1. The van der Waals surface area contributed by atoms with E-state index >= 15 is 0 Å². The number of aromatic amines is 1. The van der Waals surface area contributed by atoms with Crippen LogP contribution in [0.4, 0.5) is 28.4 Å². The van der Waals surface area contributed by atoms with Crippen molar-refractivity contribution in [3.05, 3.63) is 152 Å². The van der Waals surface area contributed by atoms with Crippen LogP contribution in [-0.2, 0) is 33.9 Å². The third-order valence-electron chi connectivity index (χ3n) is 21.6. The van der Waals surface area contributed by atoms with Gasteiger partial charge in [-0.3, -0.25) is 43.9 Å². The largest absolute Gasteiger partial charge is 0.476 e. The molecule has 7 heterocycles. The van der Waals surface area contributed by atoms with Crippen LogP contribution in [0.1, 0.15) is 138 Å². The monoisotopic (exact) mass is 1530 g/mol. The lowest BCUT2D eigenvalue weighted by Crippen LogP contribution is -2.57. The molecule has 3 aromatic heterocycles. The Morgan fingerprint density at radius 2 is 1.60 bits per heavy atom. The fraction of sp³-hybridized carbons (Fsp3) is 0.481. The molecule has 6 N–H and O–H groups in total. The van der Waals surface area contributed by atoms with E-state index in [0.29, 0.717) is 132 Å². The van der Waals surface area contributed by atoms with Crippen LogP contribution >= 0.6 is 22.9 Å². The number of rotatable bonds is 27. The summed E-state index contributed by atoms with van der Waals surface area (Å²) in [5.41, 5.74) is 9.73. The van der Waals surface area contributed by atoms with Gasteiger partial charge in [0.1, 0.15) is 29.1 Å². The Morgan fingerprint density at radius 1 is 0.870 bits per heavy atom. The summed E-state index contributed by atoms with van der Waals surface area (Å²) in [6.07, 6.45) is 6.85. The van der Waals surface area contributed by atoms with E-state index < -0.39 is 60.9 Å². The van der Waals surface area contributed by atoms with Gasteiger partial charge in [-0.25, -0.2) is 18.1 Å². The Kier molecular flexibility index (Phi) is 24.9. The molecular formula is C79H99ClN14O12S2. The van der Waals surface area contributed by atoms with Crippen LogP contribution in [0.2, 0.25) is 5.02 Å². The number of carbonyl (C=O) groups is 5. The van der Waals surface area contributed by atoms with E-state index in [0.717, 1.165) is 77.7 Å². The van der Waals surface area contributed by atoms with E-state index in [1.807, 2.05) is 111 Å². The summed E-state index contributed by atoms with van der Waals surface area (Å²) in [5, 5.41) is 34.0. The molecule has 5 amide bonds. The number of fused-ring (bicyclic) bond motifs is 2. The number of hydrogen-bond acceptors (Lipinski definition) is 20. The van der Waals surface area contributed by atoms with Gasteiger partial charge in [-0.1, -0.05) is 75.2 Å². The standard InChI is InChI=1S/C79H99ClN14O12S2/c1-51(53-15-17-55(18-16-53)71-52(2)83-50-107-71)84-75(99)67-45-60(95)49-93(67)77(100)72(78(3,4)5)85-69(96)13-9-8-10-14-70(97)91-40-34-88(35-41-91)32-11-30-81-64-26-24-61(46-66(64)94(101)102)108(103,104)87-74(98)63-25-23-59(44-65(63)92-33-12-42-106-76-68(92)43-56-28-31-82-73(56)86-76)90-38-36-89(37-39-90)48-57-47-79(6,105-7)29-27-62(57)54-19-21-58(80)22-20-54/h15-26,28,31,43-44,46,50-51,60,67,72,81,95H,8-14,27,29-30,32-42,45,47-49H2,1-7H3,(H,82,86)(H,84,99)(H,85,96)(H,87,98)/t51-,60+,67-,72+,79?/m0/s1. The van der Waals surface area contributed by atoms with Crippen LogP contribution in [0.25, 0.3) is 27.0 Å². The van der Waals surface area contributed by atoms with Crippen molar-refractivity contribution in [3.63, 3.8) is 0 Å². The van der Waals surface area contributed by atoms with Gasteiger partial charge in [-0.05, 0) is 160 Å². The van der Waals surface area contributed by atoms with Crippen molar-refractivity contribution in [2.75, 3.05) is 114 Å². The number of nitro groups is 1. The van der Waals surface area contributed by atoms with Crippen LogP contribution in [0.15, 0.2) is 119 Å². The number of allylic oxidation sites excluding steroid dienone is 1. The summed E-state index contributed by atoms with van der Waals surface area (Å²) in [6.45, 7) is 19.2. The molecule has 4 aromatic carbocycles. The molecule has 29 heteroatoms. The van der Waals surface area contributed by atoms with Crippen molar-refractivity contribution in [3.8, 4) is 16.3 Å². The molecule has 5 aliphatic rings. The molecular weight excluding hydrogens is 1440 g/mol. The van der Waals surface area contributed by atoms with Gasteiger partial charge in [-0.15, -0.1) is 11.3 Å². The highest BCUT2D eigenvalue weighted by Crippen LogP contribution is 2.43. The van der Waals surface area contributed by atoms with Crippen molar-refractivity contribution in [1.82, 2.24) is 49.9 Å². The molecule has 0 radical (unpaired) electrons. The average Bonchev–Trinajstić information content (AvgIpc) is 1.35. The second kappa shape index (κ2) is 34.3. The minimum absolute atomic E-state index is 0.0212. The number of anilines is 4. The number of aliphatic hydroxyl groups is 1. The number of thiazole rings is 1. The van der Waals surface area contributed by atoms with Crippen LogP contribution in [0.5, 0.6) is 5.88 Å². The Morgan fingerprint density at radius 3 is 2.31 bits per heavy atom. The Hall–Kier alpha value is -9.03. The number of carbonyl (C=O) groups excluding carboxylic acids is 5. The lowest BCUT2D eigenvalue weighted by molar-refractivity contribution is -0.384. The van der Waals surface area contributed by atoms with Gasteiger partial charge in [-0.2, -0.15) is 4.98 Å². The molecule has 108 heavy (non-hydrogen) atoms. The summed E-state index contributed by atoms with van der Waals surface area (Å²) in [5.74, 6) is -1.69. The third-order valence-corrected chi connectivity index (χ3v) is 24.1. The molecule has 0 bridgehead atoms. The number of pyridine rings is 1. The normalized spacial score (nSPS) is 19.5. The SMILES string of the molecule is COC1(C)CCC(c2ccc(Cl)cc2)=C(CN2CCN(c3ccc(C(=O)NS(=O)(=O)c4ccc(NCCCN5CCN(C(=O)CCCCCC(=O)N[C@H](C(=O)N6C[C@H](O)C[C@H]6C(=O)N[C@@H](C)c6ccc(-c7scnc7C)cc6)C(C)(C)C)CC5)c([N+](=O)[O-])c4)c(N4CCCOc5nc6[nH]ccc6cc54)c3)CC2)C1. The number of aromatic nitrogens is 3. The molecule has 4 aliphatic heterocycles. The number of amides is 5. The highest BCUT2D eigenvalue weighted by Gasteiger charge is 2.45. The second-order valence-corrected chi connectivity index (χ2v) is 33.3. The fourth-order valence-corrected chi connectivity index (χ4v) is 17.1. The molecule has 576 valence electrons. The Labute approximate surface area is 640 Å². The molecule has 7 aromatic rings. The smallest absolute Gasteiger partial charge is 0.293 e. The number of nitrogens with one attached hydrogen (secondary N) is 5. The number of hydrogen-bond donors (Lipinski definition) is 6. The van der Waals surface area contributed by atoms with E-state index in [2.05, 4.69) is 64.4 Å². The minimum atomic E-state index is -4.69. The number of nitrogens with zero attached hydrogens (tertiary/aromatic N) is 9. The van der Waals surface area contributed by atoms with Crippen LogP contribution < -0.4 is 35.2 Å². The number of benzene rings is 4. The molecule has 5 atom stereocenters. The predicted octanol–water partition coefficient (Wildman–Crippen LogP) is 11.0. The molecule has 12 rings (SSSR count). The first kappa shape index (κ1) is 78.5. The zero-order valence-electron chi connectivity index (χ0n) is 62.5. The number of halogens is 1. The van der Waals surface area contributed by atoms with E-state index in [-0.39, 0.29) is 60.0 Å². The maximum atomic E-state index is 14.7. The topological polar surface area (TPSA) is 310 Å². The highest BCUT2D eigenvalue weighted by molar-refractivity contribution is 7.90. The van der Waals surface area contributed by atoms with Crippen LogP contribution in [0, 0.1) is 22.5 Å². The summed E-state index contributed by atoms with van der Waals surface area (Å²) in [4.78, 5) is 107. The molecule has 3 saturated heterocycles. The van der Waals surface area contributed by atoms with Crippen molar-refractivity contribution in [1.29, 1.82) is 0 Å². The summed E-state index contributed by atoms with van der Waals surface area (Å²) >= 11 is 7.87. The maximum absolute atomic E-state index is 14.7. The summed E-state index contributed by atoms with van der Waals surface area (Å²) < 4.78 is 43.1. The Bertz CT molecular complexity index is 4570. The number of β-amino-alcohol motifs (C(OH)–C–C–N with tert-alkyl or cyclic N) is 1. The van der Waals surface area contributed by atoms with Gasteiger partial charge in [0, 0.05) is 133 Å². The van der Waals surface area contributed by atoms with Crippen LogP contribution in [-0.4, -0.2) is 205 Å². The van der Waals surface area contributed by atoms with Crippen molar-refractivity contribution >= 4 is 108 Å². The fourth-order valence-electron chi connectivity index (χ4n) is 15.2. The number of unbranched alkanes of at least 4 members (excludes halogenated alkanes) is 2. The van der Waals surface area contributed by atoms with Gasteiger partial charge in [0.2, 0.25) is 29.5 Å². The maximum Gasteiger partial charge on any atom is 0.293 e. The Balaban J connectivity index is 0.600. The number of nitro benzene ring substituents is 1. The van der Waals surface area contributed by atoms with Crippen molar-refractivity contribution < 1.29 is 51.9 Å². The highest BCUT2D eigenvalue weighted by atomic mass is 35.5. The van der Waals surface area contributed by atoms with Gasteiger partial charge in [0.05, 0.1) is 61.5 Å². The number of likely N-dealkylation sites (tertiary alicyclic amines) is 1. The number of ether oxygens (including phenoxy) is 2. The molecule has 26 nitrogen and oxygen atoms in total. The average molecular weight is 1540 g/mol. The van der Waals surface area contributed by atoms with E-state index in [9.17, 15) is 47.6 Å². The first-order chi connectivity index (χ1) is 51.7. The summed E-state index contributed by atoms with van der Waals surface area (Å²) in [7, 11) is -2.91. The molecule has 1 unspecified atom stereocenters. The lowest BCUT2D eigenvalue weighted by Gasteiger charge is -2.40. The zero-order valence-corrected chi connectivity index (χ0v) is 64.9. The van der Waals surface area contributed by atoms with E-state index in [1.54, 1.807) is 30.7 Å². The number of aryl methyl sites for hydroxylation is 1. The zero-order chi connectivity index (χ0) is 76.6. The first-order valence-electron chi connectivity index (χ1n) is 37.4. The number of sulfonamides is 1. The predicted molar refractivity (Wildman–Crippen MR) is 419 cm³/mol. The molecule has 1 aliphatic carbocycles. The van der Waals surface area contributed by atoms with Gasteiger partial charge >= 0.3 is 0 Å². The van der Waals surface area contributed by atoms with Gasteiger partial charge in [0.15, 0.2) is 0 Å². The number of piperazine rings is 2. The van der Waals surface area contributed by atoms with Gasteiger partial charge in [0.25, 0.3) is 21.6 Å². The second-order valence-electron chi connectivity index (χ2n) is 30.3. The van der Waals surface area contributed by atoms with E-state index in [1.165, 1.54) is 33.7 Å². The van der Waals surface area contributed by atoms with Crippen molar-refractivity contribution in [2.45, 2.75) is 147 Å². The van der Waals surface area contributed by atoms with E-state index in [4.69, 9.17) is 26.1 Å². The molecule has 3 fully saturated rings. The lowest BCUT2D eigenvalue weighted by atomic mass is 9.79. The van der Waals surface area contributed by atoms with Gasteiger partial charge < -0.3 is 55.1 Å². The molecule has 0 spiro atoms. The summed E-state index contributed by atoms with van der Waals surface area (Å²) in [6, 6.07) is 26.4. The number of aliphatic hydroxyl groups excluding tert-OH is 1. The van der Waals surface area contributed by atoms with Crippen LogP contribution in [0.3, 0.4) is 0 Å². The number of H-pyrrole nitrogens is 1. The quantitative estimate of drug-likeness (QED) is 0.0158. The minimum Gasteiger partial charge on any atom is -0.476 e.